The first-order valence-corrected chi connectivity index (χ1v) is 6.29. The summed E-state index contributed by atoms with van der Waals surface area (Å²) in [7, 11) is 1.81. The summed E-state index contributed by atoms with van der Waals surface area (Å²) in [5.41, 5.74) is 5.96. The molecule has 1 atom stereocenters. The lowest BCUT2D eigenvalue weighted by Crippen LogP contribution is -2.33. The normalized spacial score (nSPS) is 12.9. The monoisotopic (exact) mass is 265 g/mol. The van der Waals surface area contributed by atoms with Gasteiger partial charge in [0.15, 0.2) is 0 Å². The van der Waals surface area contributed by atoms with E-state index in [1.807, 2.05) is 34.7 Å². The van der Waals surface area contributed by atoms with E-state index in [0.29, 0.717) is 11.6 Å². The van der Waals surface area contributed by atoms with Crippen molar-refractivity contribution in [1.29, 1.82) is 0 Å². The van der Waals surface area contributed by atoms with Crippen LogP contribution in [-0.4, -0.2) is 29.0 Å². The summed E-state index contributed by atoms with van der Waals surface area (Å²) in [4.78, 5) is 20.2. The van der Waals surface area contributed by atoms with E-state index in [4.69, 9.17) is 5.73 Å². The zero-order valence-corrected chi connectivity index (χ0v) is 12.5. The SMILES string of the molecule is CNc1nc(C(C)(C)C)nc(NC(C)C(N)=O)c1C. The van der Waals surface area contributed by atoms with E-state index in [2.05, 4.69) is 20.6 Å². The number of nitrogens with zero attached hydrogens (tertiary/aromatic N) is 2. The number of carbonyl (C=O) groups excluding carboxylic acids is 1. The van der Waals surface area contributed by atoms with Crippen LogP contribution in [0.1, 0.15) is 39.1 Å². The third-order valence-electron chi connectivity index (χ3n) is 2.83. The minimum Gasteiger partial charge on any atom is -0.373 e. The van der Waals surface area contributed by atoms with Crippen LogP contribution in [0, 0.1) is 6.92 Å². The molecule has 0 fully saturated rings. The van der Waals surface area contributed by atoms with Crippen LogP contribution in [0.25, 0.3) is 0 Å². The lowest BCUT2D eigenvalue weighted by Gasteiger charge is -2.21. The Kier molecular flexibility index (Phi) is 4.34. The molecule has 6 heteroatoms. The maximum absolute atomic E-state index is 11.2. The molecule has 0 saturated heterocycles. The highest BCUT2D eigenvalue weighted by Gasteiger charge is 2.22. The van der Waals surface area contributed by atoms with E-state index in [1.165, 1.54) is 0 Å². The van der Waals surface area contributed by atoms with Gasteiger partial charge in [-0.3, -0.25) is 4.79 Å². The number of anilines is 2. The summed E-state index contributed by atoms with van der Waals surface area (Å²) in [5.74, 6) is 1.68. The van der Waals surface area contributed by atoms with Crippen molar-refractivity contribution in [1.82, 2.24) is 9.97 Å². The molecule has 1 unspecified atom stereocenters. The van der Waals surface area contributed by atoms with E-state index < -0.39 is 11.9 Å². The maximum atomic E-state index is 11.2. The first-order chi connectivity index (χ1) is 8.66. The van der Waals surface area contributed by atoms with Gasteiger partial charge in [-0.05, 0) is 13.8 Å². The van der Waals surface area contributed by atoms with Crippen molar-refractivity contribution in [2.45, 2.75) is 46.1 Å². The molecule has 0 aromatic carbocycles. The molecule has 106 valence electrons. The van der Waals surface area contributed by atoms with Gasteiger partial charge in [-0.15, -0.1) is 0 Å². The van der Waals surface area contributed by atoms with Crippen LogP contribution in [0.2, 0.25) is 0 Å². The van der Waals surface area contributed by atoms with Gasteiger partial charge < -0.3 is 16.4 Å². The highest BCUT2D eigenvalue weighted by atomic mass is 16.1. The largest absolute Gasteiger partial charge is 0.373 e. The van der Waals surface area contributed by atoms with Gasteiger partial charge in [-0.25, -0.2) is 9.97 Å². The summed E-state index contributed by atoms with van der Waals surface area (Å²) < 4.78 is 0. The van der Waals surface area contributed by atoms with Crippen molar-refractivity contribution >= 4 is 17.5 Å². The van der Waals surface area contributed by atoms with E-state index in [9.17, 15) is 4.79 Å². The minimum absolute atomic E-state index is 0.175. The molecule has 0 radical (unpaired) electrons. The number of amides is 1. The molecular weight excluding hydrogens is 242 g/mol. The van der Waals surface area contributed by atoms with Crippen LogP contribution >= 0.6 is 0 Å². The molecule has 1 amide bonds. The first-order valence-electron chi connectivity index (χ1n) is 6.29. The van der Waals surface area contributed by atoms with Gasteiger partial charge in [-0.1, -0.05) is 20.8 Å². The Morgan fingerprint density at radius 2 is 1.79 bits per heavy atom. The van der Waals surface area contributed by atoms with Crippen molar-refractivity contribution in [3.8, 4) is 0 Å². The molecule has 0 bridgehead atoms. The van der Waals surface area contributed by atoms with E-state index in [-0.39, 0.29) is 5.41 Å². The molecule has 1 heterocycles. The number of rotatable bonds is 4. The van der Waals surface area contributed by atoms with E-state index in [0.717, 1.165) is 11.4 Å². The fraction of sp³-hybridized carbons (Fsp3) is 0.615. The van der Waals surface area contributed by atoms with E-state index >= 15 is 0 Å². The topological polar surface area (TPSA) is 92.9 Å². The molecule has 1 rings (SSSR count). The fourth-order valence-corrected chi connectivity index (χ4v) is 1.51. The van der Waals surface area contributed by atoms with Crippen LogP contribution in [0.5, 0.6) is 0 Å². The van der Waals surface area contributed by atoms with Gasteiger partial charge in [-0.2, -0.15) is 0 Å². The van der Waals surface area contributed by atoms with Gasteiger partial charge in [0.2, 0.25) is 5.91 Å². The van der Waals surface area contributed by atoms with Crippen molar-refractivity contribution in [2.24, 2.45) is 5.73 Å². The average Bonchev–Trinajstić information content (AvgIpc) is 2.29. The molecule has 4 N–H and O–H groups in total. The number of nitrogens with two attached hydrogens (primary N) is 1. The molecule has 0 aliphatic heterocycles. The Hall–Kier alpha value is -1.85. The quantitative estimate of drug-likeness (QED) is 0.765. The second kappa shape index (κ2) is 5.42. The fourth-order valence-electron chi connectivity index (χ4n) is 1.51. The maximum Gasteiger partial charge on any atom is 0.239 e. The first kappa shape index (κ1) is 15.2. The van der Waals surface area contributed by atoms with Crippen LogP contribution in [0.3, 0.4) is 0 Å². The molecule has 6 nitrogen and oxygen atoms in total. The van der Waals surface area contributed by atoms with Crippen molar-refractivity contribution in [3.05, 3.63) is 11.4 Å². The summed E-state index contributed by atoms with van der Waals surface area (Å²) in [6.07, 6.45) is 0. The van der Waals surface area contributed by atoms with Gasteiger partial charge in [0.05, 0.1) is 0 Å². The molecule has 0 spiro atoms. The van der Waals surface area contributed by atoms with Gasteiger partial charge in [0.1, 0.15) is 23.5 Å². The highest BCUT2D eigenvalue weighted by Crippen LogP contribution is 2.26. The average molecular weight is 265 g/mol. The Balaban J connectivity index is 3.26. The van der Waals surface area contributed by atoms with Crippen molar-refractivity contribution in [2.75, 3.05) is 17.7 Å². The molecule has 0 aliphatic carbocycles. The summed E-state index contributed by atoms with van der Waals surface area (Å²) >= 11 is 0. The third kappa shape index (κ3) is 3.56. The minimum atomic E-state index is -0.480. The Labute approximate surface area is 114 Å². The number of aromatic nitrogens is 2. The second-order valence-electron chi connectivity index (χ2n) is 5.64. The number of carbonyl (C=O) groups is 1. The van der Waals surface area contributed by atoms with Gasteiger partial charge in [0.25, 0.3) is 0 Å². The van der Waals surface area contributed by atoms with Gasteiger partial charge >= 0.3 is 0 Å². The van der Waals surface area contributed by atoms with Gasteiger partial charge in [0, 0.05) is 18.0 Å². The molecule has 1 aromatic rings. The highest BCUT2D eigenvalue weighted by molar-refractivity contribution is 5.82. The molecule has 0 aliphatic rings. The molecular formula is C13H23N5O. The van der Waals surface area contributed by atoms with Crippen LogP contribution in [0.15, 0.2) is 0 Å². The van der Waals surface area contributed by atoms with Crippen LogP contribution in [0.4, 0.5) is 11.6 Å². The number of primary amides is 1. The summed E-state index contributed by atoms with van der Waals surface area (Å²) in [6.45, 7) is 9.73. The predicted molar refractivity (Wildman–Crippen MR) is 77.3 cm³/mol. The Morgan fingerprint density at radius 1 is 1.26 bits per heavy atom. The smallest absolute Gasteiger partial charge is 0.239 e. The molecule has 19 heavy (non-hydrogen) atoms. The van der Waals surface area contributed by atoms with Crippen molar-refractivity contribution < 1.29 is 4.79 Å². The molecule has 0 saturated carbocycles. The zero-order chi connectivity index (χ0) is 14.8. The van der Waals surface area contributed by atoms with E-state index in [1.54, 1.807) is 6.92 Å². The Morgan fingerprint density at radius 3 is 2.21 bits per heavy atom. The third-order valence-corrected chi connectivity index (χ3v) is 2.83. The molecule has 1 aromatic heterocycles. The second-order valence-corrected chi connectivity index (χ2v) is 5.64. The summed E-state index contributed by atoms with van der Waals surface area (Å²) in [5, 5.41) is 6.07. The summed E-state index contributed by atoms with van der Waals surface area (Å²) in [6, 6.07) is -0.480. The standard InChI is InChI=1S/C13H23N5O/c1-7-10(15-6)17-12(13(3,4)5)18-11(7)16-8(2)9(14)19/h8H,1-6H3,(H2,14,19)(H2,15,16,17,18). The lowest BCUT2D eigenvalue weighted by molar-refractivity contribution is -0.118. The predicted octanol–water partition coefficient (Wildman–Crippen LogP) is 1.41. The number of nitrogens with one attached hydrogen (secondary N) is 2. The zero-order valence-electron chi connectivity index (χ0n) is 12.5. The Bertz CT molecular complexity index is 479. The lowest BCUT2D eigenvalue weighted by atomic mass is 9.95. The van der Waals surface area contributed by atoms with Crippen molar-refractivity contribution in [3.63, 3.8) is 0 Å². The number of hydrogen-bond donors (Lipinski definition) is 3. The van der Waals surface area contributed by atoms with Crippen LogP contribution < -0.4 is 16.4 Å². The number of hydrogen-bond acceptors (Lipinski definition) is 5. The van der Waals surface area contributed by atoms with Crippen LogP contribution in [-0.2, 0) is 10.2 Å².